The SMILES string of the molecule is C=C(NC(C(=O)N[C@@H](CCCNC(N)=O)C(=O)Nc1ccc(COC(C)=O)cc1)=C(C)C)C(C)C. The molecule has 0 radical (unpaired) electrons. The number of carbonyl (C=O) groups excluding carboxylic acids is 4. The topological polar surface area (TPSA) is 152 Å². The first kappa shape index (κ1) is 29.2. The van der Waals surface area contributed by atoms with E-state index in [1.807, 2.05) is 13.8 Å². The van der Waals surface area contributed by atoms with Crippen LogP contribution in [-0.4, -0.2) is 36.4 Å². The highest BCUT2D eigenvalue weighted by atomic mass is 16.5. The molecule has 192 valence electrons. The Labute approximate surface area is 206 Å². The van der Waals surface area contributed by atoms with Crippen molar-refractivity contribution in [3.8, 4) is 0 Å². The number of nitrogens with two attached hydrogens (primary N) is 1. The summed E-state index contributed by atoms with van der Waals surface area (Å²) in [4.78, 5) is 48.0. The number of ether oxygens (including phenoxy) is 1. The highest BCUT2D eigenvalue weighted by Crippen LogP contribution is 2.13. The molecule has 1 aromatic carbocycles. The average Bonchev–Trinajstić information content (AvgIpc) is 2.77. The molecule has 35 heavy (non-hydrogen) atoms. The third kappa shape index (κ3) is 11.2. The zero-order valence-electron chi connectivity index (χ0n) is 21.1. The highest BCUT2D eigenvalue weighted by molar-refractivity contribution is 6.01. The number of anilines is 1. The maximum absolute atomic E-state index is 13.0. The van der Waals surface area contributed by atoms with Gasteiger partial charge in [0.15, 0.2) is 0 Å². The normalized spacial score (nSPS) is 11.1. The van der Waals surface area contributed by atoms with E-state index in [0.29, 0.717) is 23.5 Å². The minimum absolute atomic E-state index is 0.111. The van der Waals surface area contributed by atoms with Crippen molar-refractivity contribution >= 4 is 29.5 Å². The van der Waals surface area contributed by atoms with E-state index >= 15 is 0 Å². The smallest absolute Gasteiger partial charge is 0.312 e. The van der Waals surface area contributed by atoms with E-state index in [1.54, 1.807) is 38.1 Å². The highest BCUT2D eigenvalue weighted by Gasteiger charge is 2.23. The van der Waals surface area contributed by atoms with Crippen molar-refractivity contribution in [3.63, 3.8) is 0 Å². The largest absolute Gasteiger partial charge is 0.461 e. The van der Waals surface area contributed by atoms with Gasteiger partial charge in [-0.2, -0.15) is 0 Å². The zero-order chi connectivity index (χ0) is 26.5. The zero-order valence-corrected chi connectivity index (χ0v) is 21.1. The van der Waals surface area contributed by atoms with Crippen LogP contribution in [0.1, 0.15) is 53.0 Å². The molecule has 6 N–H and O–H groups in total. The van der Waals surface area contributed by atoms with Crippen molar-refractivity contribution in [1.82, 2.24) is 16.0 Å². The van der Waals surface area contributed by atoms with Crippen molar-refractivity contribution < 1.29 is 23.9 Å². The number of urea groups is 1. The van der Waals surface area contributed by atoms with Crippen LogP contribution in [0.3, 0.4) is 0 Å². The third-order valence-electron chi connectivity index (χ3n) is 4.96. The van der Waals surface area contributed by atoms with Gasteiger partial charge < -0.3 is 31.7 Å². The molecule has 0 fully saturated rings. The number of esters is 1. The maximum Gasteiger partial charge on any atom is 0.312 e. The van der Waals surface area contributed by atoms with E-state index in [9.17, 15) is 19.2 Å². The fourth-order valence-electron chi connectivity index (χ4n) is 2.83. The summed E-state index contributed by atoms with van der Waals surface area (Å²) < 4.78 is 4.96. The van der Waals surface area contributed by atoms with Crippen LogP contribution in [0.25, 0.3) is 0 Å². The predicted molar refractivity (Wildman–Crippen MR) is 135 cm³/mol. The average molecular weight is 488 g/mol. The van der Waals surface area contributed by atoms with Crippen molar-refractivity contribution in [1.29, 1.82) is 0 Å². The van der Waals surface area contributed by atoms with E-state index in [-0.39, 0.29) is 31.5 Å². The number of hydrogen-bond acceptors (Lipinski definition) is 6. The van der Waals surface area contributed by atoms with Gasteiger partial charge in [0, 0.05) is 24.9 Å². The van der Waals surface area contributed by atoms with E-state index in [2.05, 4.69) is 27.8 Å². The Morgan fingerprint density at radius 3 is 2.20 bits per heavy atom. The number of rotatable bonds is 13. The van der Waals surface area contributed by atoms with Crippen LogP contribution in [0.15, 0.2) is 47.8 Å². The number of hydrogen-bond donors (Lipinski definition) is 5. The molecule has 0 spiro atoms. The van der Waals surface area contributed by atoms with Gasteiger partial charge in [-0.3, -0.25) is 14.4 Å². The summed E-state index contributed by atoms with van der Waals surface area (Å²) in [7, 11) is 0. The molecule has 4 amide bonds. The van der Waals surface area contributed by atoms with Crippen LogP contribution >= 0.6 is 0 Å². The van der Waals surface area contributed by atoms with Crippen molar-refractivity contribution in [2.24, 2.45) is 11.7 Å². The van der Waals surface area contributed by atoms with Crippen molar-refractivity contribution in [3.05, 3.63) is 53.4 Å². The molecule has 1 aromatic rings. The Balaban J connectivity index is 2.95. The lowest BCUT2D eigenvalue weighted by molar-refractivity contribution is -0.142. The van der Waals surface area contributed by atoms with Crippen LogP contribution in [-0.2, 0) is 25.7 Å². The Hall–Kier alpha value is -3.82. The second-order valence-corrected chi connectivity index (χ2v) is 8.61. The van der Waals surface area contributed by atoms with Gasteiger partial charge in [0.05, 0.1) is 0 Å². The molecule has 0 saturated heterocycles. The third-order valence-corrected chi connectivity index (χ3v) is 4.96. The van der Waals surface area contributed by atoms with Gasteiger partial charge in [0.1, 0.15) is 18.3 Å². The number of carbonyl (C=O) groups is 4. The van der Waals surface area contributed by atoms with Crippen LogP contribution in [0.5, 0.6) is 0 Å². The first-order valence-electron chi connectivity index (χ1n) is 11.4. The number of allylic oxidation sites excluding steroid dienone is 2. The summed E-state index contributed by atoms with van der Waals surface area (Å²) in [6, 6.07) is 5.28. The molecule has 0 aliphatic heterocycles. The molecule has 0 aromatic heterocycles. The monoisotopic (exact) mass is 487 g/mol. The summed E-state index contributed by atoms with van der Waals surface area (Å²) >= 11 is 0. The first-order chi connectivity index (χ1) is 16.4. The second kappa shape index (κ2) is 14.4. The quantitative estimate of drug-likeness (QED) is 0.164. The van der Waals surface area contributed by atoms with Crippen molar-refractivity contribution in [2.75, 3.05) is 11.9 Å². The summed E-state index contributed by atoms with van der Waals surface area (Å²) in [5.41, 5.74) is 8.13. The number of amides is 4. The fourth-order valence-corrected chi connectivity index (χ4v) is 2.83. The van der Waals surface area contributed by atoms with Gasteiger partial charge in [-0.05, 0) is 55.9 Å². The molecule has 0 aliphatic carbocycles. The van der Waals surface area contributed by atoms with Crippen molar-refractivity contribution in [2.45, 2.75) is 60.1 Å². The molecule has 1 rings (SSSR count). The molecule has 10 heteroatoms. The molecule has 0 unspecified atom stereocenters. The van der Waals surface area contributed by atoms with Crippen LogP contribution < -0.4 is 27.0 Å². The predicted octanol–water partition coefficient (Wildman–Crippen LogP) is 2.67. The molecular formula is C25H37N5O5. The standard InChI is InChI=1S/C25H37N5O5/c1-15(2)17(5)28-22(16(3)4)24(33)30-21(8-7-13-27-25(26)34)23(32)29-20-11-9-19(10-12-20)14-35-18(6)31/h9-12,15,21,28H,5,7-8,13-14H2,1-4,6H3,(H,29,32)(H,30,33)(H3,26,27,34)/t21-/m0/s1. The molecule has 1 atom stereocenters. The lowest BCUT2D eigenvalue weighted by atomic mass is 10.1. The van der Waals surface area contributed by atoms with E-state index < -0.39 is 23.9 Å². The molecule has 0 heterocycles. The Morgan fingerprint density at radius 2 is 1.69 bits per heavy atom. The second-order valence-electron chi connectivity index (χ2n) is 8.61. The number of benzene rings is 1. The molecule has 0 aliphatic rings. The molecule has 0 saturated carbocycles. The Morgan fingerprint density at radius 1 is 1.06 bits per heavy atom. The van der Waals surface area contributed by atoms with Gasteiger partial charge in [-0.1, -0.05) is 32.6 Å². The maximum atomic E-state index is 13.0. The fraction of sp³-hybridized carbons (Fsp3) is 0.440. The van der Waals surface area contributed by atoms with Gasteiger partial charge >= 0.3 is 12.0 Å². The molecule has 0 bridgehead atoms. The molecule has 10 nitrogen and oxygen atoms in total. The first-order valence-corrected chi connectivity index (χ1v) is 11.4. The molecular weight excluding hydrogens is 450 g/mol. The van der Waals surface area contributed by atoms with Gasteiger partial charge in [-0.25, -0.2) is 4.79 Å². The van der Waals surface area contributed by atoms with Crippen LogP contribution in [0, 0.1) is 5.92 Å². The number of nitrogens with one attached hydrogen (secondary N) is 4. The minimum Gasteiger partial charge on any atom is -0.461 e. The van der Waals surface area contributed by atoms with E-state index in [1.165, 1.54) is 6.92 Å². The lowest BCUT2D eigenvalue weighted by Crippen LogP contribution is -2.46. The van der Waals surface area contributed by atoms with Gasteiger partial charge in [0.25, 0.3) is 5.91 Å². The van der Waals surface area contributed by atoms with Crippen LogP contribution in [0.2, 0.25) is 0 Å². The van der Waals surface area contributed by atoms with Gasteiger partial charge in [0.2, 0.25) is 5.91 Å². The van der Waals surface area contributed by atoms with E-state index in [0.717, 1.165) is 11.1 Å². The Bertz CT molecular complexity index is 949. The van der Waals surface area contributed by atoms with E-state index in [4.69, 9.17) is 10.5 Å². The summed E-state index contributed by atoms with van der Waals surface area (Å²) in [6.45, 7) is 13.2. The summed E-state index contributed by atoms with van der Waals surface area (Å²) in [5.74, 6) is -1.12. The summed E-state index contributed by atoms with van der Waals surface area (Å²) in [5, 5.41) is 11.1. The number of primary amides is 1. The van der Waals surface area contributed by atoms with Crippen LogP contribution in [0.4, 0.5) is 10.5 Å². The Kier molecular flexibility index (Phi) is 12.1. The van der Waals surface area contributed by atoms with Gasteiger partial charge in [-0.15, -0.1) is 0 Å². The lowest BCUT2D eigenvalue weighted by Gasteiger charge is -2.22. The minimum atomic E-state index is -0.874. The summed E-state index contributed by atoms with van der Waals surface area (Å²) in [6.07, 6.45) is 0.683.